The molecular weight excluding hydrogens is 1060 g/mol. The summed E-state index contributed by atoms with van der Waals surface area (Å²) < 4.78 is 34.8. The highest BCUT2D eigenvalue weighted by molar-refractivity contribution is 7.47. The molecule has 0 fully saturated rings. The van der Waals surface area contributed by atoms with Gasteiger partial charge in [-0.15, -0.1) is 0 Å². The van der Waals surface area contributed by atoms with Gasteiger partial charge in [0.25, 0.3) is 0 Å². The van der Waals surface area contributed by atoms with Gasteiger partial charge in [-0.05, 0) is 64.2 Å². The first-order valence-corrected chi connectivity index (χ1v) is 38.6. The first kappa shape index (κ1) is 82.5. The molecule has 0 amide bonds. The minimum atomic E-state index is -4.39. The van der Waals surface area contributed by atoms with Crippen molar-refractivity contribution < 1.29 is 42.1 Å². The van der Waals surface area contributed by atoms with Crippen molar-refractivity contribution in [3.8, 4) is 0 Å². The molecule has 0 bridgehead atoms. The van der Waals surface area contributed by atoms with Crippen LogP contribution in [0.1, 0.15) is 386 Å². The molecular formula is C74H145NO8P+. The lowest BCUT2D eigenvalue weighted by atomic mass is 10.0. The van der Waals surface area contributed by atoms with Crippen molar-refractivity contribution in [3.05, 3.63) is 24.3 Å². The molecule has 0 rings (SSSR count). The highest BCUT2D eigenvalue weighted by Crippen LogP contribution is 2.43. The largest absolute Gasteiger partial charge is 0.472 e. The van der Waals surface area contributed by atoms with Gasteiger partial charge in [0.1, 0.15) is 19.8 Å². The molecule has 1 N–H and O–H groups in total. The number of rotatable bonds is 70. The number of hydrogen-bond acceptors (Lipinski definition) is 7. The lowest BCUT2D eigenvalue weighted by Crippen LogP contribution is -2.37. The van der Waals surface area contributed by atoms with Crippen molar-refractivity contribution in [3.63, 3.8) is 0 Å². The highest BCUT2D eigenvalue weighted by Gasteiger charge is 2.27. The molecule has 0 saturated carbocycles. The minimum absolute atomic E-state index is 0.0355. The first-order valence-electron chi connectivity index (χ1n) is 37.1. The van der Waals surface area contributed by atoms with Gasteiger partial charge in [0, 0.05) is 12.8 Å². The summed E-state index contributed by atoms with van der Waals surface area (Å²) in [6.45, 7) is 4.51. The van der Waals surface area contributed by atoms with Crippen LogP contribution in [0.5, 0.6) is 0 Å². The molecule has 0 heterocycles. The topological polar surface area (TPSA) is 108 Å². The molecule has 0 aliphatic rings. The van der Waals surface area contributed by atoms with E-state index in [0.717, 1.165) is 38.5 Å². The zero-order valence-corrected chi connectivity index (χ0v) is 57.8. The molecule has 0 aliphatic heterocycles. The average molecular weight is 1210 g/mol. The molecule has 9 nitrogen and oxygen atoms in total. The van der Waals surface area contributed by atoms with Crippen LogP contribution in [0, 0.1) is 0 Å². The Hall–Kier alpha value is -1.51. The Morgan fingerprint density at radius 3 is 0.881 bits per heavy atom. The van der Waals surface area contributed by atoms with Crippen LogP contribution in [0.25, 0.3) is 0 Å². The Labute approximate surface area is 523 Å². The van der Waals surface area contributed by atoms with E-state index < -0.39 is 26.5 Å². The Bertz CT molecular complexity index is 1460. The molecule has 10 heteroatoms. The van der Waals surface area contributed by atoms with Gasteiger partial charge in [-0.25, -0.2) is 4.57 Å². The summed E-state index contributed by atoms with van der Waals surface area (Å²) >= 11 is 0. The molecule has 0 aromatic rings. The molecule has 0 spiro atoms. The number of quaternary nitrogens is 1. The van der Waals surface area contributed by atoms with Gasteiger partial charge in [-0.1, -0.05) is 334 Å². The minimum Gasteiger partial charge on any atom is -0.462 e. The van der Waals surface area contributed by atoms with Crippen molar-refractivity contribution in [2.75, 3.05) is 47.5 Å². The van der Waals surface area contributed by atoms with E-state index in [9.17, 15) is 19.0 Å². The Morgan fingerprint density at radius 2 is 0.607 bits per heavy atom. The first-order chi connectivity index (χ1) is 41.0. The Balaban J connectivity index is 3.95. The molecule has 2 unspecified atom stereocenters. The van der Waals surface area contributed by atoms with Crippen molar-refractivity contribution in [2.45, 2.75) is 392 Å². The van der Waals surface area contributed by atoms with Crippen LogP contribution in [0.2, 0.25) is 0 Å². The Morgan fingerprint density at radius 1 is 0.357 bits per heavy atom. The van der Waals surface area contributed by atoms with E-state index in [4.69, 9.17) is 18.5 Å². The molecule has 498 valence electrons. The second-order valence-corrected chi connectivity index (χ2v) is 28.1. The third-order valence-electron chi connectivity index (χ3n) is 17.0. The van der Waals surface area contributed by atoms with Gasteiger partial charge >= 0.3 is 19.8 Å². The number of likely N-dealkylation sites (N-methyl/N-ethyl adjacent to an activating group) is 1. The van der Waals surface area contributed by atoms with Gasteiger partial charge in [0.05, 0.1) is 27.7 Å². The van der Waals surface area contributed by atoms with E-state index in [0.29, 0.717) is 17.4 Å². The van der Waals surface area contributed by atoms with Crippen LogP contribution in [0.15, 0.2) is 24.3 Å². The molecule has 0 aromatic heterocycles. The normalized spacial score (nSPS) is 13.2. The fourth-order valence-corrected chi connectivity index (χ4v) is 12.0. The summed E-state index contributed by atoms with van der Waals surface area (Å²) in [5.41, 5.74) is 0. The molecule has 0 aromatic carbocycles. The fourth-order valence-electron chi connectivity index (χ4n) is 11.2. The van der Waals surface area contributed by atoms with Crippen LogP contribution in [0.3, 0.4) is 0 Å². The predicted octanol–water partition coefficient (Wildman–Crippen LogP) is 24.1. The molecule has 2 atom stereocenters. The number of nitrogens with zero attached hydrogens (tertiary/aromatic N) is 1. The number of phosphoric acid groups is 1. The van der Waals surface area contributed by atoms with Crippen molar-refractivity contribution in [2.24, 2.45) is 0 Å². The summed E-state index contributed by atoms with van der Waals surface area (Å²) in [6.07, 6.45) is 83.0. The fraction of sp³-hybridized carbons (Fsp3) is 0.919. The number of carbonyl (C=O) groups is 2. The maximum absolute atomic E-state index is 12.9. The van der Waals surface area contributed by atoms with E-state index in [1.165, 1.54) is 321 Å². The lowest BCUT2D eigenvalue weighted by molar-refractivity contribution is -0.870. The quantitative estimate of drug-likeness (QED) is 0.0211. The maximum Gasteiger partial charge on any atom is 0.472 e. The predicted molar refractivity (Wildman–Crippen MR) is 363 cm³/mol. The van der Waals surface area contributed by atoms with Crippen LogP contribution in [-0.2, 0) is 32.7 Å². The number of hydrogen-bond donors (Lipinski definition) is 1. The van der Waals surface area contributed by atoms with E-state index in [1.807, 2.05) is 21.1 Å². The third kappa shape index (κ3) is 69.6. The van der Waals surface area contributed by atoms with Crippen LogP contribution in [0.4, 0.5) is 0 Å². The maximum atomic E-state index is 12.9. The van der Waals surface area contributed by atoms with Crippen LogP contribution in [-0.4, -0.2) is 74.9 Å². The third-order valence-corrected chi connectivity index (χ3v) is 17.9. The number of phosphoric ester groups is 1. The van der Waals surface area contributed by atoms with Crippen molar-refractivity contribution >= 4 is 19.8 Å². The number of allylic oxidation sites excluding steroid dienone is 4. The van der Waals surface area contributed by atoms with E-state index in [-0.39, 0.29) is 25.6 Å². The molecule has 0 aliphatic carbocycles. The standard InChI is InChI=1S/C74H144NO8P/c1-6-8-10-12-14-16-18-20-22-24-26-28-30-32-34-35-36-37-38-39-41-43-45-47-49-51-53-55-57-59-61-63-65-67-74(77)83-72(71-82-84(78,79)81-69-68-75(3,4)5)70-80-73(76)66-64-62-60-58-56-54-52-50-48-46-44-42-40-33-31-29-27-25-23-21-19-17-15-13-11-9-7-2/h24-27,72H,6-23,28-71H2,1-5H3/p+1/b26-24-,27-25-. The van der Waals surface area contributed by atoms with Gasteiger partial charge < -0.3 is 18.9 Å². The number of carbonyl (C=O) groups excluding carboxylic acids is 2. The number of unbranched alkanes of at least 4 members (excludes halogenated alkanes) is 52. The van der Waals surface area contributed by atoms with Gasteiger partial charge in [0.2, 0.25) is 0 Å². The monoisotopic (exact) mass is 1210 g/mol. The second kappa shape index (κ2) is 65.9. The highest BCUT2D eigenvalue weighted by atomic mass is 31.2. The summed E-state index contributed by atoms with van der Waals surface area (Å²) in [4.78, 5) is 35.9. The van der Waals surface area contributed by atoms with Crippen LogP contribution >= 0.6 is 7.82 Å². The zero-order valence-electron chi connectivity index (χ0n) is 56.9. The lowest BCUT2D eigenvalue weighted by Gasteiger charge is -2.24. The smallest absolute Gasteiger partial charge is 0.462 e. The molecule has 0 saturated heterocycles. The van der Waals surface area contributed by atoms with E-state index in [1.54, 1.807) is 0 Å². The summed E-state index contributed by atoms with van der Waals surface area (Å²) in [7, 11) is 1.50. The van der Waals surface area contributed by atoms with Crippen molar-refractivity contribution in [1.29, 1.82) is 0 Å². The van der Waals surface area contributed by atoms with E-state index >= 15 is 0 Å². The number of esters is 2. The van der Waals surface area contributed by atoms with E-state index in [2.05, 4.69) is 38.2 Å². The summed E-state index contributed by atoms with van der Waals surface area (Å²) in [5, 5.41) is 0. The SMILES string of the molecule is CCCCCCCCCC/C=C\CCCCCCCCCCCCCCCCCCCCCCCC(=O)OC(COC(=O)CCCCCCCCCCCCCCCCC/C=C\CCCCCCCCCC)COP(=O)(O)OCC[N+](C)(C)C. The molecule has 84 heavy (non-hydrogen) atoms. The van der Waals surface area contributed by atoms with Gasteiger partial charge in [-0.3, -0.25) is 18.6 Å². The average Bonchev–Trinajstić information content (AvgIpc) is 3.61. The Kier molecular flexibility index (Phi) is 64.7. The summed E-state index contributed by atoms with van der Waals surface area (Å²) in [5.74, 6) is -0.773. The zero-order chi connectivity index (χ0) is 61.2. The van der Waals surface area contributed by atoms with Gasteiger partial charge in [-0.2, -0.15) is 0 Å². The van der Waals surface area contributed by atoms with Crippen molar-refractivity contribution in [1.82, 2.24) is 0 Å². The summed E-state index contributed by atoms with van der Waals surface area (Å²) in [6, 6.07) is 0. The van der Waals surface area contributed by atoms with Crippen LogP contribution < -0.4 is 0 Å². The number of ether oxygens (including phenoxy) is 2. The van der Waals surface area contributed by atoms with Gasteiger partial charge in [0.15, 0.2) is 6.10 Å². The molecule has 0 radical (unpaired) electrons. The second-order valence-electron chi connectivity index (χ2n) is 26.7.